The van der Waals surface area contributed by atoms with Crippen LogP contribution in [0.2, 0.25) is 0 Å². The maximum atomic E-state index is 12.8. The van der Waals surface area contributed by atoms with E-state index in [1.807, 2.05) is 19.1 Å². The predicted octanol–water partition coefficient (Wildman–Crippen LogP) is 2.06. The molecule has 1 saturated heterocycles. The van der Waals surface area contributed by atoms with Gasteiger partial charge in [0.15, 0.2) is 0 Å². The molecule has 146 valence electrons. The number of nitrogens with two attached hydrogens (primary N) is 1. The highest BCUT2D eigenvalue weighted by molar-refractivity contribution is 7.89. The zero-order chi connectivity index (χ0) is 19.3. The fraction of sp³-hybridized carbons (Fsp3) is 0.632. The van der Waals surface area contributed by atoms with Crippen LogP contribution in [0.4, 0.5) is 0 Å². The molecular weight excluding hydrogens is 350 g/mol. The van der Waals surface area contributed by atoms with Crippen LogP contribution in [0.5, 0.6) is 0 Å². The van der Waals surface area contributed by atoms with Gasteiger partial charge in [0.05, 0.1) is 4.90 Å². The molecular formula is C19H31N3O3S. The van der Waals surface area contributed by atoms with Crippen LogP contribution in [-0.2, 0) is 14.8 Å². The molecule has 0 saturated carbocycles. The summed E-state index contributed by atoms with van der Waals surface area (Å²) in [6.07, 6.45) is 1.84. The zero-order valence-electron chi connectivity index (χ0n) is 15.9. The Kier molecular flexibility index (Phi) is 7.20. The Morgan fingerprint density at radius 3 is 2.27 bits per heavy atom. The molecule has 0 aromatic heterocycles. The van der Waals surface area contributed by atoms with Gasteiger partial charge in [0.25, 0.3) is 0 Å². The largest absolute Gasteiger partial charge is 0.356 e. The lowest BCUT2D eigenvalue weighted by Gasteiger charge is -2.30. The Bertz CT molecular complexity index is 691. The number of carbonyl (C=O) groups is 1. The number of nitrogens with zero attached hydrogens (tertiary/aromatic N) is 1. The summed E-state index contributed by atoms with van der Waals surface area (Å²) < 4.78 is 27.1. The number of hydrogen-bond donors (Lipinski definition) is 2. The van der Waals surface area contributed by atoms with Crippen LogP contribution in [-0.4, -0.2) is 44.3 Å². The van der Waals surface area contributed by atoms with Gasteiger partial charge in [-0.3, -0.25) is 4.79 Å². The fourth-order valence-electron chi connectivity index (χ4n) is 3.10. The van der Waals surface area contributed by atoms with Crippen LogP contribution in [0.3, 0.4) is 0 Å². The van der Waals surface area contributed by atoms with Crippen LogP contribution in [0.25, 0.3) is 0 Å². The van der Waals surface area contributed by atoms with E-state index in [0.29, 0.717) is 43.3 Å². The lowest BCUT2D eigenvalue weighted by Crippen LogP contribution is -2.43. The SMILES string of the molecule is CC(N)CCNC(=O)C1CCN(S(=O)(=O)c2ccc(C(C)C)cc2)CC1. The second-order valence-corrected chi connectivity index (χ2v) is 9.40. The number of benzene rings is 1. The van der Waals surface area contributed by atoms with Crippen LogP contribution >= 0.6 is 0 Å². The Balaban J connectivity index is 1.92. The number of hydrogen-bond acceptors (Lipinski definition) is 4. The average molecular weight is 382 g/mol. The summed E-state index contributed by atoms with van der Waals surface area (Å²) in [5.41, 5.74) is 6.80. The first kappa shape index (κ1) is 20.9. The number of rotatable bonds is 7. The van der Waals surface area contributed by atoms with Gasteiger partial charge in [0.2, 0.25) is 15.9 Å². The van der Waals surface area contributed by atoms with Crippen molar-refractivity contribution in [2.45, 2.75) is 56.9 Å². The van der Waals surface area contributed by atoms with Gasteiger partial charge in [-0.2, -0.15) is 4.31 Å². The van der Waals surface area contributed by atoms with E-state index in [-0.39, 0.29) is 17.9 Å². The maximum Gasteiger partial charge on any atom is 0.243 e. The van der Waals surface area contributed by atoms with Gasteiger partial charge in [-0.25, -0.2) is 8.42 Å². The van der Waals surface area contributed by atoms with Gasteiger partial charge in [-0.1, -0.05) is 26.0 Å². The molecule has 1 aliphatic rings. The highest BCUT2D eigenvalue weighted by Crippen LogP contribution is 2.25. The van der Waals surface area contributed by atoms with E-state index in [1.165, 1.54) is 4.31 Å². The third-order valence-electron chi connectivity index (χ3n) is 4.91. The summed E-state index contributed by atoms with van der Waals surface area (Å²) in [7, 11) is -3.50. The molecule has 1 aromatic carbocycles. The van der Waals surface area contributed by atoms with E-state index < -0.39 is 10.0 Å². The quantitative estimate of drug-likeness (QED) is 0.756. The first-order valence-electron chi connectivity index (χ1n) is 9.35. The molecule has 1 aliphatic heterocycles. The lowest BCUT2D eigenvalue weighted by atomic mass is 9.97. The van der Waals surface area contributed by atoms with Crippen molar-refractivity contribution in [3.8, 4) is 0 Å². The van der Waals surface area contributed by atoms with Crippen molar-refractivity contribution in [3.05, 3.63) is 29.8 Å². The van der Waals surface area contributed by atoms with Gasteiger partial charge in [0, 0.05) is 31.6 Å². The van der Waals surface area contributed by atoms with Gasteiger partial charge in [-0.05, 0) is 49.8 Å². The molecule has 0 aliphatic carbocycles. The molecule has 3 N–H and O–H groups in total. The Hall–Kier alpha value is -1.44. The summed E-state index contributed by atoms with van der Waals surface area (Å²) in [5, 5.41) is 2.90. The van der Waals surface area contributed by atoms with Crippen LogP contribution in [0, 0.1) is 5.92 Å². The summed E-state index contributed by atoms with van der Waals surface area (Å²) in [4.78, 5) is 12.5. The van der Waals surface area contributed by atoms with Crippen LogP contribution in [0.15, 0.2) is 29.2 Å². The summed E-state index contributed by atoms with van der Waals surface area (Å²) in [5.74, 6) is 0.241. The fourth-order valence-corrected chi connectivity index (χ4v) is 4.57. The van der Waals surface area contributed by atoms with Crippen molar-refractivity contribution in [2.75, 3.05) is 19.6 Å². The first-order valence-corrected chi connectivity index (χ1v) is 10.8. The minimum atomic E-state index is -3.50. The van der Waals surface area contributed by atoms with E-state index in [9.17, 15) is 13.2 Å². The van der Waals surface area contributed by atoms with Gasteiger partial charge >= 0.3 is 0 Å². The minimum absolute atomic E-state index is 0.00369. The summed E-state index contributed by atoms with van der Waals surface area (Å²) in [6, 6.07) is 7.16. The molecule has 1 aromatic rings. The highest BCUT2D eigenvalue weighted by Gasteiger charge is 2.32. The molecule has 1 amide bonds. The smallest absolute Gasteiger partial charge is 0.243 e. The molecule has 0 spiro atoms. The van der Waals surface area contributed by atoms with Crippen LogP contribution in [0.1, 0.15) is 51.5 Å². The molecule has 1 fully saturated rings. The second-order valence-electron chi connectivity index (χ2n) is 7.46. The number of carbonyl (C=O) groups excluding carboxylic acids is 1. The molecule has 0 radical (unpaired) electrons. The molecule has 6 nitrogen and oxygen atoms in total. The van der Waals surface area contributed by atoms with Crippen molar-refractivity contribution in [3.63, 3.8) is 0 Å². The molecule has 7 heteroatoms. The van der Waals surface area contributed by atoms with Crippen molar-refractivity contribution in [1.29, 1.82) is 0 Å². The molecule has 26 heavy (non-hydrogen) atoms. The summed E-state index contributed by atoms with van der Waals surface area (Å²) >= 11 is 0. The van der Waals surface area contributed by atoms with E-state index in [0.717, 1.165) is 12.0 Å². The number of sulfonamides is 1. The van der Waals surface area contributed by atoms with E-state index in [2.05, 4.69) is 19.2 Å². The van der Waals surface area contributed by atoms with E-state index in [4.69, 9.17) is 5.73 Å². The topological polar surface area (TPSA) is 92.5 Å². The normalized spacial score (nSPS) is 18.0. The maximum absolute atomic E-state index is 12.8. The molecule has 1 atom stereocenters. The first-order chi connectivity index (χ1) is 12.2. The number of piperidine rings is 1. The second kappa shape index (κ2) is 8.97. The molecule has 0 bridgehead atoms. The number of nitrogens with one attached hydrogen (secondary N) is 1. The molecule has 2 rings (SSSR count). The Morgan fingerprint density at radius 2 is 1.77 bits per heavy atom. The van der Waals surface area contributed by atoms with Crippen molar-refractivity contribution in [1.82, 2.24) is 9.62 Å². The summed E-state index contributed by atoms with van der Waals surface area (Å²) in [6.45, 7) is 7.38. The molecule has 1 heterocycles. The Morgan fingerprint density at radius 1 is 1.19 bits per heavy atom. The van der Waals surface area contributed by atoms with E-state index >= 15 is 0 Å². The third-order valence-corrected chi connectivity index (χ3v) is 6.82. The molecule has 1 unspecified atom stereocenters. The lowest BCUT2D eigenvalue weighted by molar-refractivity contribution is -0.126. The predicted molar refractivity (Wildman–Crippen MR) is 103 cm³/mol. The minimum Gasteiger partial charge on any atom is -0.356 e. The number of amides is 1. The Labute approximate surface area is 157 Å². The van der Waals surface area contributed by atoms with Crippen molar-refractivity contribution < 1.29 is 13.2 Å². The van der Waals surface area contributed by atoms with Gasteiger partial charge in [0.1, 0.15) is 0 Å². The van der Waals surface area contributed by atoms with Crippen molar-refractivity contribution in [2.24, 2.45) is 11.7 Å². The zero-order valence-corrected chi connectivity index (χ0v) is 16.8. The standard InChI is InChI=1S/C19H31N3O3S/c1-14(2)16-4-6-18(7-5-16)26(24,25)22-12-9-17(10-13-22)19(23)21-11-8-15(3)20/h4-7,14-15,17H,8-13,20H2,1-3H3,(H,21,23). The highest BCUT2D eigenvalue weighted by atomic mass is 32.2. The van der Waals surface area contributed by atoms with E-state index in [1.54, 1.807) is 12.1 Å². The third kappa shape index (κ3) is 5.28. The monoisotopic (exact) mass is 381 g/mol. The van der Waals surface area contributed by atoms with Gasteiger partial charge in [-0.15, -0.1) is 0 Å². The van der Waals surface area contributed by atoms with Crippen molar-refractivity contribution >= 4 is 15.9 Å². The average Bonchev–Trinajstić information content (AvgIpc) is 2.61. The van der Waals surface area contributed by atoms with Gasteiger partial charge < -0.3 is 11.1 Å². The van der Waals surface area contributed by atoms with Crippen LogP contribution < -0.4 is 11.1 Å².